The topological polar surface area (TPSA) is 70.8 Å². The Labute approximate surface area is 121 Å². The van der Waals surface area contributed by atoms with E-state index < -0.39 is 10.0 Å². The zero-order valence-corrected chi connectivity index (χ0v) is 12.4. The van der Waals surface area contributed by atoms with Gasteiger partial charge in [0.15, 0.2) is 0 Å². The van der Waals surface area contributed by atoms with Gasteiger partial charge in [0, 0.05) is 16.3 Å². The number of hydrogen-bond acceptors (Lipinski definition) is 5. The molecule has 1 aliphatic carbocycles. The van der Waals surface area contributed by atoms with Gasteiger partial charge in [0.2, 0.25) is 10.0 Å². The molecule has 2 heterocycles. The number of sulfonamides is 1. The van der Waals surface area contributed by atoms with Gasteiger partial charge in [-0.05, 0) is 31.0 Å². The third kappa shape index (κ3) is 2.67. The van der Waals surface area contributed by atoms with Gasteiger partial charge < -0.3 is 9.52 Å². The molecule has 0 atom stereocenters. The second-order valence-corrected chi connectivity index (χ2v) is 7.65. The van der Waals surface area contributed by atoms with E-state index in [1.807, 2.05) is 0 Å². The number of furan rings is 1. The fourth-order valence-corrected chi connectivity index (χ4v) is 4.82. The molecule has 7 heteroatoms. The van der Waals surface area contributed by atoms with Crippen molar-refractivity contribution in [1.82, 2.24) is 4.31 Å². The van der Waals surface area contributed by atoms with Crippen LogP contribution < -0.4 is 0 Å². The number of hydrogen-bond donors (Lipinski definition) is 1. The molecule has 1 N–H and O–H groups in total. The van der Waals surface area contributed by atoms with E-state index in [2.05, 4.69) is 0 Å². The predicted octanol–water partition coefficient (Wildman–Crippen LogP) is 2.19. The van der Waals surface area contributed by atoms with Crippen LogP contribution in [0.15, 0.2) is 39.2 Å². The van der Waals surface area contributed by atoms with E-state index in [1.54, 1.807) is 23.8 Å². The summed E-state index contributed by atoms with van der Waals surface area (Å²) < 4.78 is 32.1. The smallest absolute Gasteiger partial charge is 0.244 e. The van der Waals surface area contributed by atoms with E-state index >= 15 is 0 Å². The molecule has 3 rings (SSSR count). The predicted molar refractivity (Wildman–Crippen MR) is 74.7 cm³/mol. The van der Waals surface area contributed by atoms with E-state index in [1.165, 1.54) is 21.7 Å². The Morgan fingerprint density at radius 2 is 2.25 bits per heavy atom. The fraction of sp³-hybridized carbons (Fsp3) is 0.385. The molecule has 0 unspecified atom stereocenters. The second kappa shape index (κ2) is 5.33. The van der Waals surface area contributed by atoms with Crippen LogP contribution in [0.3, 0.4) is 0 Å². The summed E-state index contributed by atoms with van der Waals surface area (Å²) >= 11 is 1.25. The highest BCUT2D eigenvalue weighted by atomic mass is 32.2. The minimum Gasteiger partial charge on any atom is -0.468 e. The summed E-state index contributed by atoms with van der Waals surface area (Å²) in [6, 6.07) is 5.12. The molecule has 2 aromatic rings. The van der Waals surface area contributed by atoms with Crippen molar-refractivity contribution < 1.29 is 17.9 Å². The molecule has 20 heavy (non-hydrogen) atoms. The summed E-state index contributed by atoms with van der Waals surface area (Å²) in [5.74, 6) is 0.637. The molecule has 0 aliphatic heterocycles. The summed E-state index contributed by atoms with van der Waals surface area (Å²) in [5, 5.41) is 10.7. The Bertz CT molecular complexity index is 671. The highest BCUT2D eigenvalue weighted by Crippen LogP contribution is 2.34. The first-order valence-electron chi connectivity index (χ1n) is 6.34. The van der Waals surface area contributed by atoms with E-state index in [0.717, 1.165) is 12.8 Å². The van der Waals surface area contributed by atoms with Crippen molar-refractivity contribution in [2.24, 2.45) is 0 Å². The summed E-state index contributed by atoms with van der Waals surface area (Å²) in [6.07, 6.45) is 3.31. The molecule has 1 aliphatic rings. The number of aliphatic hydroxyl groups is 1. The Hall–Kier alpha value is -1.15. The molecule has 0 radical (unpaired) electrons. The monoisotopic (exact) mass is 313 g/mol. The second-order valence-electron chi connectivity index (χ2n) is 4.77. The SMILES string of the molecule is O=S(=O)(c1csc(CO)c1)N(Cc1ccco1)C1CC1. The maximum absolute atomic E-state index is 12.7. The van der Waals surface area contributed by atoms with E-state index in [4.69, 9.17) is 9.52 Å². The summed E-state index contributed by atoms with van der Waals surface area (Å²) in [6.45, 7) is 0.117. The largest absolute Gasteiger partial charge is 0.468 e. The quantitative estimate of drug-likeness (QED) is 0.887. The van der Waals surface area contributed by atoms with Crippen LogP contribution in [0.2, 0.25) is 0 Å². The molecule has 5 nitrogen and oxygen atoms in total. The number of rotatable bonds is 6. The number of aliphatic hydroxyl groups excluding tert-OH is 1. The molecule has 1 fully saturated rings. The molecule has 2 aromatic heterocycles. The first kappa shape index (κ1) is 13.8. The summed E-state index contributed by atoms with van der Waals surface area (Å²) in [7, 11) is -3.53. The van der Waals surface area contributed by atoms with Crippen molar-refractivity contribution in [3.8, 4) is 0 Å². The Morgan fingerprint density at radius 1 is 1.45 bits per heavy atom. The van der Waals surface area contributed by atoms with Crippen LogP contribution in [0, 0.1) is 0 Å². The maximum Gasteiger partial charge on any atom is 0.244 e. The number of thiophene rings is 1. The van der Waals surface area contributed by atoms with E-state index in [9.17, 15) is 8.42 Å². The van der Waals surface area contributed by atoms with Gasteiger partial charge in [0.25, 0.3) is 0 Å². The minimum atomic E-state index is -3.53. The third-order valence-corrected chi connectivity index (χ3v) is 6.18. The summed E-state index contributed by atoms with van der Waals surface area (Å²) in [5.41, 5.74) is 0. The van der Waals surface area contributed by atoms with Gasteiger partial charge in [-0.3, -0.25) is 0 Å². The van der Waals surface area contributed by atoms with Crippen LogP contribution >= 0.6 is 11.3 Å². The highest BCUT2D eigenvalue weighted by molar-refractivity contribution is 7.89. The zero-order chi connectivity index (χ0) is 14.2. The molecular formula is C13H15NO4S2. The van der Waals surface area contributed by atoms with E-state index in [0.29, 0.717) is 10.6 Å². The van der Waals surface area contributed by atoms with Gasteiger partial charge >= 0.3 is 0 Å². The zero-order valence-electron chi connectivity index (χ0n) is 10.7. The molecule has 0 spiro atoms. The van der Waals surface area contributed by atoms with Crippen LogP contribution in [0.5, 0.6) is 0 Å². The van der Waals surface area contributed by atoms with Gasteiger partial charge in [-0.2, -0.15) is 4.31 Å². The maximum atomic E-state index is 12.7. The lowest BCUT2D eigenvalue weighted by atomic mass is 10.4. The molecule has 0 bridgehead atoms. The van der Waals surface area contributed by atoms with Gasteiger partial charge in [-0.25, -0.2) is 8.42 Å². The van der Waals surface area contributed by atoms with Crippen LogP contribution in [0.4, 0.5) is 0 Å². The van der Waals surface area contributed by atoms with Crippen molar-refractivity contribution in [3.63, 3.8) is 0 Å². The average Bonchev–Trinajstić information content (AvgIpc) is 2.96. The van der Waals surface area contributed by atoms with Crippen molar-refractivity contribution in [1.29, 1.82) is 0 Å². The minimum absolute atomic E-state index is 0.0579. The van der Waals surface area contributed by atoms with Crippen LogP contribution in [-0.2, 0) is 23.2 Å². The molecule has 0 amide bonds. The van der Waals surface area contributed by atoms with Gasteiger partial charge in [0.1, 0.15) is 5.76 Å². The molecule has 108 valence electrons. The first-order valence-corrected chi connectivity index (χ1v) is 8.66. The van der Waals surface area contributed by atoms with Crippen molar-refractivity contribution in [2.75, 3.05) is 0 Å². The van der Waals surface area contributed by atoms with Crippen molar-refractivity contribution in [3.05, 3.63) is 40.5 Å². The lowest BCUT2D eigenvalue weighted by molar-refractivity contribution is 0.285. The van der Waals surface area contributed by atoms with Gasteiger partial charge in [0.05, 0.1) is 24.3 Å². The molecular weight excluding hydrogens is 298 g/mol. The van der Waals surface area contributed by atoms with Crippen LogP contribution in [0.1, 0.15) is 23.5 Å². The molecule has 0 aromatic carbocycles. The van der Waals surface area contributed by atoms with Gasteiger partial charge in [-0.15, -0.1) is 11.3 Å². The Balaban J connectivity index is 1.89. The lowest BCUT2D eigenvalue weighted by Crippen LogP contribution is -2.32. The lowest BCUT2D eigenvalue weighted by Gasteiger charge is -2.20. The van der Waals surface area contributed by atoms with Gasteiger partial charge in [-0.1, -0.05) is 0 Å². The first-order chi connectivity index (χ1) is 9.61. The number of nitrogens with zero attached hydrogens (tertiary/aromatic N) is 1. The third-order valence-electron chi connectivity index (χ3n) is 3.24. The van der Waals surface area contributed by atoms with Crippen molar-refractivity contribution in [2.45, 2.75) is 36.9 Å². The normalized spacial score (nSPS) is 15.9. The molecule has 0 saturated heterocycles. The standard InChI is InChI=1S/C13H15NO4S2/c15-8-12-6-13(9-19-12)20(16,17)14(10-3-4-10)7-11-2-1-5-18-11/h1-2,5-6,9-10,15H,3-4,7-8H2. The Kier molecular flexibility index (Phi) is 3.68. The van der Waals surface area contributed by atoms with Crippen LogP contribution in [-0.4, -0.2) is 23.9 Å². The summed E-state index contributed by atoms with van der Waals surface area (Å²) in [4.78, 5) is 0.905. The van der Waals surface area contributed by atoms with Crippen LogP contribution in [0.25, 0.3) is 0 Å². The molecule has 1 saturated carbocycles. The van der Waals surface area contributed by atoms with E-state index in [-0.39, 0.29) is 24.1 Å². The fourth-order valence-electron chi connectivity index (χ4n) is 2.04. The average molecular weight is 313 g/mol. The van der Waals surface area contributed by atoms with Crippen molar-refractivity contribution >= 4 is 21.4 Å². The Morgan fingerprint density at radius 3 is 2.80 bits per heavy atom. The highest BCUT2D eigenvalue weighted by Gasteiger charge is 2.38.